The van der Waals surface area contributed by atoms with Crippen LogP contribution in [0.3, 0.4) is 0 Å². The van der Waals surface area contributed by atoms with Crippen molar-refractivity contribution in [3.63, 3.8) is 0 Å². The maximum absolute atomic E-state index is 5.95. The maximum atomic E-state index is 5.95. The van der Waals surface area contributed by atoms with Crippen molar-refractivity contribution in [1.82, 2.24) is 15.6 Å². The number of nitrogens with one attached hydrogen (secondary N) is 2. The molecule has 6 nitrogen and oxygen atoms in total. The average Bonchev–Trinajstić information content (AvgIpc) is 2.74. The number of rotatable bonds is 10. The molecule has 0 unspecified atom stereocenters. The summed E-state index contributed by atoms with van der Waals surface area (Å²) in [5, 5.41) is 6.88. The van der Waals surface area contributed by atoms with Crippen LogP contribution in [-0.2, 0) is 17.9 Å². The lowest BCUT2D eigenvalue weighted by Crippen LogP contribution is -2.46. The fraction of sp³-hybridized carbons (Fsp3) is 0.478. The Morgan fingerprint density at radius 3 is 2.66 bits per heavy atom. The molecule has 1 aliphatic carbocycles. The maximum Gasteiger partial charge on any atom is 0.218 e. The molecular formula is C23H32N4O2. The van der Waals surface area contributed by atoms with Crippen LogP contribution in [0.4, 0.5) is 0 Å². The largest absolute Gasteiger partial charge is 0.473 e. The van der Waals surface area contributed by atoms with Gasteiger partial charge in [0, 0.05) is 45.6 Å². The monoisotopic (exact) mass is 396 g/mol. The molecular weight excluding hydrogens is 364 g/mol. The van der Waals surface area contributed by atoms with E-state index < -0.39 is 0 Å². The van der Waals surface area contributed by atoms with E-state index in [1.54, 1.807) is 20.4 Å². The molecule has 0 aliphatic heterocycles. The van der Waals surface area contributed by atoms with E-state index in [1.165, 1.54) is 19.3 Å². The van der Waals surface area contributed by atoms with Gasteiger partial charge in [0.25, 0.3) is 0 Å². The molecule has 0 bridgehead atoms. The van der Waals surface area contributed by atoms with Crippen LogP contribution in [0.15, 0.2) is 53.7 Å². The van der Waals surface area contributed by atoms with Gasteiger partial charge < -0.3 is 20.1 Å². The van der Waals surface area contributed by atoms with Gasteiger partial charge in [-0.25, -0.2) is 4.98 Å². The van der Waals surface area contributed by atoms with Crippen molar-refractivity contribution < 1.29 is 9.47 Å². The number of aliphatic imine (C=N–C) groups is 1. The standard InChI is InChI=1S/C23H32N4O2/c1-24-22(27-18-23(11-7-12-23)13-15-28-2)26-16-20-10-6-14-25-21(20)29-17-19-8-4-3-5-9-19/h3-6,8-10,14H,7,11-13,15-18H2,1-2H3,(H2,24,26,27). The van der Waals surface area contributed by atoms with E-state index >= 15 is 0 Å². The van der Waals surface area contributed by atoms with Gasteiger partial charge in [0.1, 0.15) is 6.61 Å². The molecule has 3 rings (SSSR count). The van der Waals surface area contributed by atoms with Crippen molar-refractivity contribution in [3.8, 4) is 5.88 Å². The molecule has 1 aromatic heterocycles. The number of hydrogen-bond acceptors (Lipinski definition) is 4. The topological polar surface area (TPSA) is 67.8 Å². The number of ether oxygens (including phenoxy) is 2. The van der Waals surface area contributed by atoms with Crippen LogP contribution in [-0.4, -0.2) is 38.3 Å². The predicted molar refractivity (Wildman–Crippen MR) is 116 cm³/mol. The average molecular weight is 397 g/mol. The number of guanidine groups is 1. The predicted octanol–water partition coefficient (Wildman–Crippen LogP) is 3.53. The number of nitrogens with zero attached hydrogens (tertiary/aromatic N) is 2. The Morgan fingerprint density at radius 2 is 1.97 bits per heavy atom. The molecule has 0 amide bonds. The minimum Gasteiger partial charge on any atom is -0.473 e. The van der Waals surface area contributed by atoms with Crippen LogP contribution in [0.2, 0.25) is 0 Å². The highest BCUT2D eigenvalue weighted by Crippen LogP contribution is 2.43. The lowest BCUT2D eigenvalue weighted by Gasteiger charge is -2.42. The molecule has 0 atom stereocenters. The minimum atomic E-state index is 0.339. The van der Waals surface area contributed by atoms with Gasteiger partial charge in [0.15, 0.2) is 5.96 Å². The molecule has 2 N–H and O–H groups in total. The van der Waals surface area contributed by atoms with E-state index in [9.17, 15) is 0 Å². The summed E-state index contributed by atoms with van der Waals surface area (Å²) in [4.78, 5) is 8.77. The molecule has 1 aromatic carbocycles. The molecule has 1 aliphatic rings. The molecule has 1 heterocycles. The van der Waals surface area contributed by atoms with E-state index in [4.69, 9.17) is 9.47 Å². The second-order valence-electron chi connectivity index (χ2n) is 7.62. The van der Waals surface area contributed by atoms with Crippen molar-refractivity contribution >= 4 is 5.96 Å². The highest BCUT2D eigenvalue weighted by molar-refractivity contribution is 5.79. The zero-order valence-corrected chi connectivity index (χ0v) is 17.5. The lowest BCUT2D eigenvalue weighted by molar-refractivity contribution is 0.0732. The first kappa shape index (κ1) is 21.1. The summed E-state index contributed by atoms with van der Waals surface area (Å²) >= 11 is 0. The third kappa shape index (κ3) is 6.19. The number of benzene rings is 1. The van der Waals surface area contributed by atoms with Crippen molar-refractivity contribution in [2.45, 2.75) is 38.8 Å². The Balaban J connectivity index is 1.51. The van der Waals surface area contributed by atoms with Crippen LogP contribution in [0.5, 0.6) is 5.88 Å². The summed E-state index contributed by atoms with van der Waals surface area (Å²) in [6, 6.07) is 14.1. The quantitative estimate of drug-likeness (QED) is 0.475. The van der Waals surface area contributed by atoms with Gasteiger partial charge in [-0.2, -0.15) is 0 Å². The smallest absolute Gasteiger partial charge is 0.218 e. The molecule has 156 valence electrons. The molecule has 1 fully saturated rings. The second-order valence-corrected chi connectivity index (χ2v) is 7.62. The Labute approximate surface area is 173 Å². The number of aromatic nitrogens is 1. The summed E-state index contributed by atoms with van der Waals surface area (Å²) < 4.78 is 11.2. The van der Waals surface area contributed by atoms with Gasteiger partial charge in [0.2, 0.25) is 5.88 Å². The fourth-order valence-electron chi connectivity index (χ4n) is 3.60. The molecule has 0 saturated heterocycles. The Bertz CT molecular complexity index is 775. The van der Waals surface area contributed by atoms with E-state index in [0.717, 1.165) is 36.7 Å². The summed E-state index contributed by atoms with van der Waals surface area (Å²) in [6.07, 6.45) is 6.65. The Morgan fingerprint density at radius 1 is 1.14 bits per heavy atom. The summed E-state index contributed by atoms with van der Waals surface area (Å²) in [6.45, 7) is 2.83. The molecule has 0 spiro atoms. The SMILES string of the molecule is CN=C(NCc1cccnc1OCc1ccccc1)NCC1(CCOC)CCC1. The zero-order valence-electron chi connectivity index (χ0n) is 17.5. The van der Waals surface area contributed by atoms with Crippen molar-refractivity contribution in [3.05, 3.63) is 59.8 Å². The van der Waals surface area contributed by atoms with Gasteiger partial charge >= 0.3 is 0 Å². The van der Waals surface area contributed by atoms with E-state index in [0.29, 0.717) is 24.4 Å². The van der Waals surface area contributed by atoms with Gasteiger partial charge in [-0.05, 0) is 36.3 Å². The number of hydrogen-bond donors (Lipinski definition) is 2. The number of pyridine rings is 1. The minimum absolute atomic E-state index is 0.339. The first-order chi connectivity index (χ1) is 14.2. The third-order valence-corrected chi connectivity index (χ3v) is 5.62. The van der Waals surface area contributed by atoms with Crippen LogP contribution in [0.25, 0.3) is 0 Å². The normalized spacial score (nSPS) is 15.4. The fourth-order valence-corrected chi connectivity index (χ4v) is 3.60. The van der Waals surface area contributed by atoms with E-state index in [1.807, 2.05) is 42.5 Å². The van der Waals surface area contributed by atoms with E-state index in [2.05, 4.69) is 20.6 Å². The molecule has 1 saturated carbocycles. The highest BCUT2D eigenvalue weighted by atomic mass is 16.5. The van der Waals surface area contributed by atoms with Crippen molar-refractivity contribution in [2.75, 3.05) is 27.3 Å². The van der Waals surface area contributed by atoms with Gasteiger partial charge in [-0.3, -0.25) is 4.99 Å². The highest BCUT2D eigenvalue weighted by Gasteiger charge is 2.36. The summed E-state index contributed by atoms with van der Waals surface area (Å²) in [5.74, 6) is 1.45. The molecule has 6 heteroatoms. The van der Waals surface area contributed by atoms with Gasteiger partial charge in [-0.15, -0.1) is 0 Å². The first-order valence-electron chi connectivity index (χ1n) is 10.3. The molecule has 2 aromatic rings. The third-order valence-electron chi connectivity index (χ3n) is 5.62. The Kier molecular flexibility index (Phi) is 7.87. The first-order valence-corrected chi connectivity index (χ1v) is 10.3. The summed E-state index contributed by atoms with van der Waals surface area (Å²) in [5.41, 5.74) is 2.46. The van der Waals surface area contributed by atoms with Crippen LogP contribution >= 0.6 is 0 Å². The molecule has 29 heavy (non-hydrogen) atoms. The van der Waals surface area contributed by atoms with Crippen LogP contribution < -0.4 is 15.4 Å². The second kappa shape index (κ2) is 10.8. The zero-order chi connectivity index (χ0) is 20.4. The van der Waals surface area contributed by atoms with Crippen LogP contribution in [0, 0.1) is 5.41 Å². The van der Waals surface area contributed by atoms with Crippen LogP contribution in [0.1, 0.15) is 36.8 Å². The summed E-state index contributed by atoms with van der Waals surface area (Å²) in [7, 11) is 3.57. The Hall–Kier alpha value is -2.60. The van der Waals surface area contributed by atoms with Crippen molar-refractivity contribution in [2.24, 2.45) is 10.4 Å². The van der Waals surface area contributed by atoms with Crippen molar-refractivity contribution in [1.29, 1.82) is 0 Å². The van der Waals surface area contributed by atoms with Gasteiger partial charge in [0.05, 0.1) is 0 Å². The lowest BCUT2D eigenvalue weighted by atomic mass is 9.67. The number of methoxy groups -OCH3 is 1. The van der Waals surface area contributed by atoms with Gasteiger partial charge in [-0.1, -0.05) is 42.8 Å². The van der Waals surface area contributed by atoms with E-state index in [-0.39, 0.29) is 0 Å². The molecule has 0 radical (unpaired) electrons.